The second-order valence-electron chi connectivity index (χ2n) is 15.8. The van der Waals surface area contributed by atoms with Crippen molar-refractivity contribution in [3.8, 4) is 0 Å². The number of benzene rings is 1. The van der Waals surface area contributed by atoms with Crippen LogP contribution in [0.5, 0.6) is 0 Å². The van der Waals surface area contributed by atoms with E-state index in [1.807, 2.05) is 90.9 Å². The van der Waals surface area contributed by atoms with Crippen molar-refractivity contribution in [2.45, 2.75) is 130 Å². The maximum Gasteiger partial charge on any atom is 0.245 e. The van der Waals surface area contributed by atoms with Crippen molar-refractivity contribution in [3.63, 3.8) is 0 Å². The first kappa shape index (κ1) is 45.8. The fraction of sp³-hybridized carbons (Fsp3) is 0.732. The lowest BCUT2D eigenvalue weighted by molar-refractivity contribution is -0.148. The molecule has 1 aliphatic heterocycles. The van der Waals surface area contributed by atoms with Crippen LogP contribution in [0, 0.1) is 23.7 Å². The molecule has 0 radical (unpaired) electrons. The molecule has 1 unspecified atom stereocenters. The molecule has 12 heteroatoms. The number of hydrogen-bond acceptors (Lipinski definition) is 8. The summed E-state index contributed by atoms with van der Waals surface area (Å²) in [4.78, 5) is 73.2. The average molecular weight is 744 g/mol. The lowest BCUT2D eigenvalue weighted by atomic mass is 9.89. The Morgan fingerprint density at radius 1 is 0.887 bits per heavy atom. The van der Waals surface area contributed by atoms with Gasteiger partial charge in [-0.25, -0.2) is 0 Å². The molecule has 1 aliphatic rings. The maximum atomic E-state index is 14.2. The number of carbonyl (C=O) groups excluding carboxylic acids is 5. The van der Waals surface area contributed by atoms with Gasteiger partial charge in [0.2, 0.25) is 23.6 Å². The minimum absolute atomic E-state index is 0.0227. The summed E-state index contributed by atoms with van der Waals surface area (Å²) in [5, 5.41) is 5.97. The Hall–Kier alpha value is -3.35. The van der Waals surface area contributed by atoms with Crippen molar-refractivity contribution in [1.29, 1.82) is 0 Å². The molecule has 1 fully saturated rings. The summed E-state index contributed by atoms with van der Waals surface area (Å²) in [7, 11) is 8.55. The molecule has 1 saturated heterocycles. The molecule has 9 atom stereocenters. The zero-order valence-corrected chi connectivity index (χ0v) is 34.7. The topological polar surface area (TPSA) is 138 Å². The van der Waals surface area contributed by atoms with Crippen molar-refractivity contribution < 1.29 is 33.4 Å². The third kappa shape index (κ3) is 12.3. The number of nitrogens with one attached hydrogen (secondary N) is 2. The first-order valence-corrected chi connectivity index (χ1v) is 19.3. The molecule has 1 aromatic rings. The van der Waals surface area contributed by atoms with E-state index in [4.69, 9.17) is 9.47 Å². The van der Waals surface area contributed by atoms with Crippen LogP contribution in [0.15, 0.2) is 30.3 Å². The molecule has 2 N–H and O–H groups in total. The van der Waals surface area contributed by atoms with Crippen LogP contribution in [0.2, 0.25) is 0 Å². The normalized spacial score (nSPS) is 19.2. The SMILES string of the molecule is CC[C@H](C)[C@@H]([C@@H](CC(=O)N1CCC[C@H]1[C@H](OC)C(C)C(=O)N[C@@H](Cc1ccccc1)C(C)=O)OC)N(C)C(=O)[C@@H](NC(=O)[C@H](C(C)C)N(C)C)C(C)C. The van der Waals surface area contributed by atoms with E-state index in [-0.39, 0.29) is 59.6 Å². The van der Waals surface area contributed by atoms with Crippen LogP contribution in [-0.2, 0) is 39.9 Å². The van der Waals surface area contributed by atoms with Crippen LogP contribution >= 0.6 is 0 Å². The molecule has 0 aromatic heterocycles. The van der Waals surface area contributed by atoms with Gasteiger partial charge < -0.3 is 29.9 Å². The predicted molar refractivity (Wildman–Crippen MR) is 208 cm³/mol. The number of nitrogens with zero attached hydrogens (tertiary/aromatic N) is 3. The number of rotatable bonds is 21. The zero-order chi connectivity index (χ0) is 40.2. The summed E-state index contributed by atoms with van der Waals surface area (Å²) in [5.74, 6) is -1.82. The van der Waals surface area contributed by atoms with Gasteiger partial charge in [-0.1, -0.05) is 85.2 Å². The molecule has 0 saturated carbocycles. The molecule has 1 heterocycles. The second kappa shape index (κ2) is 21.5. The van der Waals surface area contributed by atoms with Gasteiger partial charge in [0.15, 0.2) is 5.78 Å². The quantitative estimate of drug-likeness (QED) is 0.193. The van der Waals surface area contributed by atoms with E-state index >= 15 is 0 Å². The Kier molecular flexibility index (Phi) is 18.6. The molecule has 0 spiro atoms. The number of likely N-dealkylation sites (N-methyl/N-ethyl adjacent to an activating group) is 2. The first-order chi connectivity index (χ1) is 24.9. The van der Waals surface area contributed by atoms with Crippen LogP contribution < -0.4 is 10.6 Å². The molecule has 300 valence electrons. The minimum atomic E-state index is -0.762. The van der Waals surface area contributed by atoms with E-state index in [0.717, 1.165) is 18.4 Å². The van der Waals surface area contributed by atoms with Gasteiger partial charge in [-0.2, -0.15) is 0 Å². The number of ether oxygens (including phenoxy) is 2. The highest BCUT2D eigenvalue weighted by atomic mass is 16.5. The summed E-state index contributed by atoms with van der Waals surface area (Å²) in [6.07, 6.45) is 1.32. The van der Waals surface area contributed by atoms with Gasteiger partial charge in [-0.3, -0.25) is 28.9 Å². The summed E-state index contributed by atoms with van der Waals surface area (Å²) in [5.41, 5.74) is 0.945. The van der Waals surface area contributed by atoms with Gasteiger partial charge >= 0.3 is 0 Å². The monoisotopic (exact) mass is 744 g/mol. The number of likely N-dealkylation sites (tertiary alicyclic amines) is 1. The molecule has 53 heavy (non-hydrogen) atoms. The van der Waals surface area contributed by atoms with Gasteiger partial charge in [0.05, 0.1) is 48.7 Å². The van der Waals surface area contributed by atoms with Gasteiger partial charge in [0, 0.05) is 27.8 Å². The van der Waals surface area contributed by atoms with E-state index in [0.29, 0.717) is 19.4 Å². The second-order valence-corrected chi connectivity index (χ2v) is 15.8. The Bertz CT molecular complexity index is 1330. The molecule has 12 nitrogen and oxygen atoms in total. The highest BCUT2D eigenvalue weighted by Gasteiger charge is 2.43. The Labute approximate surface area is 319 Å². The Balaban J connectivity index is 2.27. The standard InChI is InChI=1S/C41H69N5O7/c1-14-27(6)37(45(11)41(51)35(25(2)3)43-40(50)36(26(4)5)44(9)10)33(52-12)24-34(48)46-22-18-21-32(46)38(53-13)28(7)39(49)42-31(29(8)47)23-30-19-16-15-17-20-30/h15-17,19-20,25-28,31-33,35-38H,14,18,21-24H2,1-13H3,(H,42,49)(H,43,50)/t27-,28?,31-,32-,33+,35-,36-,37-,38+/m0/s1. The molecule has 2 rings (SSSR count). The van der Waals surface area contributed by atoms with Crippen LogP contribution in [0.1, 0.15) is 86.6 Å². The lowest BCUT2D eigenvalue weighted by Gasteiger charge is -2.41. The summed E-state index contributed by atoms with van der Waals surface area (Å²) >= 11 is 0. The van der Waals surface area contributed by atoms with Gasteiger partial charge in [-0.05, 0) is 63.6 Å². The first-order valence-electron chi connectivity index (χ1n) is 19.3. The number of carbonyl (C=O) groups is 5. The predicted octanol–water partition coefficient (Wildman–Crippen LogP) is 3.95. The van der Waals surface area contributed by atoms with Crippen LogP contribution in [0.3, 0.4) is 0 Å². The number of Topliss-reactive ketones (excluding diaryl/α,β-unsaturated/α-hetero) is 1. The fourth-order valence-corrected chi connectivity index (χ4v) is 7.86. The molecular formula is C41H69N5O7. The third-order valence-electron chi connectivity index (χ3n) is 11.0. The number of methoxy groups -OCH3 is 2. The van der Waals surface area contributed by atoms with Crippen LogP contribution in [0.4, 0.5) is 0 Å². The third-order valence-corrected chi connectivity index (χ3v) is 11.0. The van der Waals surface area contributed by atoms with Crippen molar-refractivity contribution in [2.24, 2.45) is 23.7 Å². The molecule has 1 aromatic carbocycles. The smallest absolute Gasteiger partial charge is 0.245 e. The summed E-state index contributed by atoms with van der Waals surface area (Å²) in [6.45, 7) is 15.6. The van der Waals surface area contributed by atoms with Crippen LogP contribution in [-0.4, -0.2) is 128 Å². The van der Waals surface area contributed by atoms with Gasteiger partial charge in [0.25, 0.3) is 0 Å². The molecule has 0 aliphatic carbocycles. The van der Waals surface area contributed by atoms with Gasteiger partial charge in [0.1, 0.15) is 6.04 Å². The number of amides is 4. The molecule has 4 amide bonds. The van der Waals surface area contributed by atoms with Crippen LogP contribution in [0.25, 0.3) is 0 Å². The Morgan fingerprint density at radius 3 is 2.00 bits per heavy atom. The number of ketones is 1. The van der Waals surface area contributed by atoms with E-state index in [9.17, 15) is 24.0 Å². The van der Waals surface area contributed by atoms with Crippen molar-refractivity contribution >= 4 is 29.4 Å². The average Bonchev–Trinajstić information content (AvgIpc) is 3.59. The lowest BCUT2D eigenvalue weighted by Crippen LogP contribution is -2.59. The largest absolute Gasteiger partial charge is 0.379 e. The maximum absolute atomic E-state index is 14.2. The molecule has 0 bridgehead atoms. The van der Waals surface area contributed by atoms with E-state index in [1.165, 1.54) is 6.92 Å². The van der Waals surface area contributed by atoms with E-state index < -0.39 is 42.3 Å². The highest BCUT2D eigenvalue weighted by molar-refractivity contribution is 5.90. The fourth-order valence-electron chi connectivity index (χ4n) is 7.86. The van der Waals surface area contributed by atoms with Gasteiger partial charge in [-0.15, -0.1) is 0 Å². The molecular weight excluding hydrogens is 674 g/mol. The van der Waals surface area contributed by atoms with E-state index in [1.54, 1.807) is 38.0 Å². The summed E-state index contributed by atoms with van der Waals surface area (Å²) < 4.78 is 11.9. The van der Waals surface area contributed by atoms with E-state index in [2.05, 4.69) is 10.6 Å². The highest BCUT2D eigenvalue weighted by Crippen LogP contribution is 2.30. The summed E-state index contributed by atoms with van der Waals surface area (Å²) in [6, 6.07) is 6.90. The van der Waals surface area contributed by atoms with Crippen molar-refractivity contribution in [3.05, 3.63) is 35.9 Å². The Morgan fingerprint density at radius 2 is 1.51 bits per heavy atom. The van der Waals surface area contributed by atoms with Crippen molar-refractivity contribution in [2.75, 3.05) is 41.9 Å². The van der Waals surface area contributed by atoms with Crippen molar-refractivity contribution in [1.82, 2.24) is 25.3 Å². The zero-order valence-electron chi connectivity index (χ0n) is 34.7. The number of hydrogen-bond donors (Lipinski definition) is 2. The minimum Gasteiger partial charge on any atom is -0.379 e.